The average molecular weight is 392 g/mol. The monoisotopic (exact) mass is 392 g/mol. The third-order valence-corrected chi connectivity index (χ3v) is 4.07. The first kappa shape index (κ1) is 15.3. The van der Waals surface area contributed by atoms with Crippen molar-refractivity contribution in [1.29, 1.82) is 0 Å². The molecule has 1 atom stereocenters. The lowest BCUT2D eigenvalue weighted by Crippen LogP contribution is -2.08. The SMILES string of the molecule is Cc1cc(C(F)(F)F)ccc1C(O)c1ccccc1I. The minimum absolute atomic E-state index is 0.423. The van der Waals surface area contributed by atoms with Crippen molar-refractivity contribution in [2.24, 2.45) is 0 Å². The molecule has 0 aliphatic carbocycles. The van der Waals surface area contributed by atoms with Gasteiger partial charge in [-0.1, -0.05) is 24.3 Å². The molecule has 1 unspecified atom stereocenters. The number of aliphatic hydroxyl groups excluding tert-OH is 1. The van der Waals surface area contributed by atoms with Crippen molar-refractivity contribution >= 4 is 22.6 Å². The van der Waals surface area contributed by atoms with Crippen molar-refractivity contribution < 1.29 is 18.3 Å². The lowest BCUT2D eigenvalue weighted by atomic mass is 9.96. The average Bonchev–Trinajstić information content (AvgIpc) is 2.37. The Morgan fingerprint density at radius 3 is 2.25 bits per heavy atom. The Balaban J connectivity index is 2.42. The molecule has 0 fully saturated rings. The van der Waals surface area contributed by atoms with E-state index in [-0.39, 0.29) is 0 Å². The van der Waals surface area contributed by atoms with Gasteiger partial charge in [-0.25, -0.2) is 0 Å². The van der Waals surface area contributed by atoms with E-state index in [0.717, 1.165) is 15.7 Å². The van der Waals surface area contributed by atoms with E-state index >= 15 is 0 Å². The number of rotatable bonds is 2. The van der Waals surface area contributed by atoms with Crippen LogP contribution in [0.3, 0.4) is 0 Å². The third-order valence-electron chi connectivity index (χ3n) is 3.09. The molecule has 0 spiro atoms. The Morgan fingerprint density at radius 2 is 1.70 bits per heavy atom. The molecule has 1 nitrogen and oxygen atoms in total. The maximum absolute atomic E-state index is 12.6. The third kappa shape index (κ3) is 3.15. The smallest absolute Gasteiger partial charge is 0.384 e. The summed E-state index contributed by atoms with van der Waals surface area (Å²) >= 11 is 2.09. The van der Waals surface area contributed by atoms with Crippen LogP contribution in [-0.4, -0.2) is 5.11 Å². The number of aryl methyl sites for hydroxylation is 1. The lowest BCUT2D eigenvalue weighted by Gasteiger charge is -2.17. The normalized spacial score (nSPS) is 13.3. The highest BCUT2D eigenvalue weighted by Gasteiger charge is 2.31. The van der Waals surface area contributed by atoms with Gasteiger partial charge < -0.3 is 5.11 Å². The van der Waals surface area contributed by atoms with Gasteiger partial charge in [0, 0.05) is 3.57 Å². The van der Waals surface area contributed by atoms with Gasteiger partial charge in [-0.15, -0.1) is 0 Å². The van der Waals surface area contributed by atoms with Crippen LogP contribution in [0.5, 0.6) is 0 Å². The summed E-state index contributed by atoms with van der Waals surface area (Å²) in [5, 5.41) is 10.4. The van der Waals surface area contributed by atoms with Crippen molar-refractivity contribution in [3.8, 4) is 0 Å². The van der Waals surface area contributed by atoms with E-state index in [2.05, 4.69) is 22.6 Å². The van der Waals surface area contributed by atoms with Gasteiger partial charge in [0.05, 0.1) is 5.56 Å². The molecule has 0 amide bonds. The highest BCUT2D eigenvalue weighted by molar-refractivity contribution is 14.1. The van der Waals surface area contributed by atoms with Crippen molar-refractivity contribution in [3.63, 3.8) is 0 Å². The number of hydrogen-bond acceptors (Lipinski definition) is 1. The van der Waals surface area contributed by atoms with Gasteiger partial charge in [0.1, 0.15) is 6.10 Å². The molecular weight excluding hydrogens is 380 g/mol. The Bertz CT molecular complexity index is 623. The molecule has 0 aliphatic heterocycles. The number of benzene rings is 2. The molecule has 2 aromatic rings. The summed E-state index contributed by atoms with van der Waals surface area (Å²) in [5.74, 6) is 0. The summed E-state index contributed by atoms with van der Waals surface area (Å²) < 4.78 is 38.7. The molecule has 1 N–H and O–H groups in total. The summed E-state index contributed by atoms with van der Waals surface area (Å²) in [7, 11) is 0. The fourth-order valence-corrected chi connectivity index (χ4v) is 2.71. The summed E-state index contributed by atoms with van der Waals surface area (Å²) in [6.45, 7) is 1.57. The van der Waals surface area contributed by atoms with E-state index in [1.54, 1.807) is 19.1 Å². The second-order valence-corrected chi connectivity index (χ2v) is 5.66. The van der Waals surface area contributed by atoms with Gasteiger partial charge in [0.2, 0.25) is 0 Å². The molecule has 0 radical (unpaired) electrons. The molecule has 0 aromatic heterocycles. The number of alkyl halides is 3. The highest BCUT2D eigenvalue weighted by Crippen LogP contribution is 2.33. The second-order valence-electron chi connectivity index (χ2n) is 4.49. The van der Waals surface area contributed by atoms with Crippen LogP contribution < -0.4 is 0 Å². The zero-order chi connectivity index (χ0) is 14.9. The van der Waals surface area contributed by atoms with Crippen LogP contribution in [0, 0.1) is 10.5 Å². The van der Waals surface area contributed by atoms with Crippen LogP contribution in [0.4, 0.5) is 13.2 Å². The van der Waals surface area contributed by atoms with E-state index < -0.39 is 17.8 Å². The molecule has 0 heterocycles. The van der Waals surface area contributed by atoms with Gasteiger partial charge in [-0.2, -0.15) is 13.2 Å². The quantitative estimate of drug-likeness (QED) is 0.735. The van der Waals surface area contributed by atoms with Crippen LogP contribution in [0.25, 0.3) is 0 Å². The van der Waals surface area contributed by atoms with Crippen LogP contribution in [0.1, 0.15) is 28.4 Å². The lowest BCUT2D eigenvalue weighted by molar-refractivity contribution is -0.137. The maximum Gasteiger partial charge on any atom is 0.416 e. The number of halogens is 4. The molecule has 2 rings (SSSR count). The van der Waals surface area contributed by atoms with Gasteiger partial charge >= 0.3 is 6.18 Å². The zero-order valence-corrected chi connectivity index (χ0v) is 12.7. The first-order chi connectivity index (χ1) is 9.30. The van der Waals surface area contributed by atoms with E-state index in [0.29, 0.717) is 16.7 Å². The van der Waals surface area contributed by atoms with Gasteiger partial charge in [0.25, 0.3) is 0 Å². The van der Waals surface area contributed by atoms with Gasteiger partial charge in [-0.05, 0) is 64.4 Å². The first-order valence-electron chi connectivity index (χ1n) is 5.91. The molecular formula is C15H12F3IO. The van der Waals surface area contributed by atoms with Crippen molar-refractivity contribution in [1.82, 2.24) is 0 Å². The minimum atomic E-state index is -4.37. The fourth-order valence-electron chi connectivity index (χ4n) is 2.02. The molecule has 5 heteroatoms. The Hall–Kier alpha value is -1.08. The van der Waals surface area contributed by atoms with Crippen molar-refractivity contribution in [2.75, 3.05) is 0 Å². The van der Waals surface area contributed by atoms with Crippen molar-refractivity contribution in [2.45, 2.75) is 19.2 Å². The first-order valence-corrected chi connectivity index (χ1v) is 6.99. The second kappa shape index (κ2) is 5.73. The topological polar surface area (TPSA) is 20.2 Å². The fraction of sp³-hybridized carbons (Fsp3) is 0.200. The van der Waals surface area contributed by atoms with Gasteiger partial charge in [-0.3, -0.25) is 0 Å². The van der Waals surface area contributed by atoms with Crippen LogP contribution in [0.15, 0.2) is 42.5 Å². The highest BCUT2D eigenvalue weighted by atomic mass is 127. The van der Waals surface area contributed by atoms with Gasteiger partial charge in [0.15, 0.2) is 0 Å². The molecule has 0 aliphatic rings. The molecule has 2 aromatic carbocycles. The van der Waals surface area contributed by atoms with E-state index in [9.17, 15) is 18.3 Å². The number of aliphatic hydroxyl groups is 1. The standard InChI is InChI=1S/C15H12F3IO/c1-9-8-10(15(16,17)18)6-7-11(9)14(20)12-4-2-3-5-13(12)19/h2-8,14,20H,1H3. The maximum atomic E-state index is 12.6. The minimum Gasteiger partial charge on any atom is -0.384 e. The molecule has 106 valence electrons. The summed E-state index contributed by atoms with van der Waals surface area (Å²) in [6, 6.07) is 10.7. The predicted octanol–water partition coefficient (Wildman–Crippen LogP) is 4.70. The predicted molar refractivity (Wildman–Crippen MR) is 79.4 cm³/mol. The summed E-state index contributed by atoms with van der Waals surface area (Å²) in [5.41, 5.74) is 0.902. The van der Waals surface area contributed by atoms with Crippen molar-refractivity contribution in [3.05, 3.63) is 68.3 Å². The Labute approximate surface area is 128 Å². The van der Waals surface area contributed by atoms with E-state index in [4.69, 9.17) is 0 Å². The van der Waals surface area contributed by atoms with E-state index in [1.807, 2.05) is 12.1 Å². The Kier molecular flexibility index (Phi) is 4.39. The summed E-state index contributed by atoms with van der Waals surface area (Å²) in [6.07, 6.45) is -5.29. The van der Waals surface area contributed by atoms with Crippen LogP contribution in [-0.2, 0) is 6.18 Å². The van der Waals surface area contributed by atoms with E-state index in [1.165, 1.54) is 6.07 Å². The van der Waals surface area contributed by atoms with Crippen LogP contribution >= 0.6 is 22.6 Å². The zero-order valence-electron chi connectivity index (χ0n) is 10.6. The number of hydrogen-bond donors (Lipinski definition) is 1. The Morgan fingerprint density at radius 1 is 1.05 bits per heavy atom. The largest absolute Gasteiger partial charge is 0.416 e. The molecule has 0 saturated heterocycles. The van der Waals surface area contributed by atoms with Crippen LogP contribution in [0.2, 0.25) is 0 Å². The summed E-state index contributed by atoms with van der Waals surface area (Å²) in [4.78, 5) is 0. The molecule has 0 saturated carbocycles. The molecule has 20 heavy (non-hydrogen) atoms. The molecule has 0 bridgehead atoms.